The lowest BCUT2D eigenvalue weighted by Crippen LogP contribution is -2.47. The van der Waals surface area contributed by atoms with Crippen molar-refractivity contribution in [3.8, 4) is 0 Å². The van der Waals surface area contributed by atoms with E-state index in [0.717, 1.165) is 116 Å². The molecule has 3 atom stereocenters. The highest BCUT2D eigenvalue weighted by molar-refractivity contribution is 7.47. The highest BCUT2D eigenvalue weighted by Gasteiger charge is 2.30. The molecule has 0 spiro atoms. The number of phosphoric ester groups is 1. The van der Waals surface area contributed by atoms with Crippen LogP contribution in [-0.2, 0) is 27.9 Å². The van der Waals surface area contributed by atoms with Gasteiger partial charge in [-0.1, -0.05) is 209 Å². The minimum Gasteiger partial charge on any atom is -0.456 e. The highest BCUT2D eigenvalue weighted by atomic mass is 31.2. The van der Waals surface area contributed by atoms with Crippen molar-refractivity contribution >= 4 is 19.7 Å². The molecule has 0 bridgehead atoms. The molecule has 9 nitrogen and oxygen atoms in total. The molecule has 71 heavy (non-hydrogen) atoms. The summed E-state index contributed by atoms with van der Waals surface area (Å²) in [6, 6.07) is -0.868. The fourth-order valence-electron chi connectivity index (χ4n) is 7.84. The first kappa shape index (κ1) is 68.2. The van der Waals surface area contributed by atoms with E-state index >= 15 is 0 Å². The van der Waals surface area contributed by atoms with Gasteiger partial charge in [-0.2, -0.15) is 0 Å². The van der Waals surface area contributed by atoms with Gasteiger partial charge in [0.25, 0.3) is 0 Å². The molecule has 0 heterocycles. The van der Waals surface area contributed by atoms with Gasteiger partial charge in [0.15, 0.2) is 0 Å². The van der Waals surface area contributed by atoms with Crippen LogP contribution >= 0.6 is 7.82 Å². The Balaban J connectivity index is 5.38. The van der Waals surface area contributed by atoms with Gasteiger partial charge in [0.1, 0.15) is 19.3 Å². The van der Waals surface area contributed by atoms with Crippen molar-refractivity contribution in [3.63, 3.8) is 0 Å². The number of hydrogen-bond donors (Lipinski definition) is 2. The van der Waals surface area contributed by atoms with Gasteiger partial charge in [-0.15, -0.1) is 0 Å². The van der Waals surface area contributed by atoms with Crippen LogP contribution in [0.2, 0.25) is 0 Å². The maximum Gasteiger partial charge on any atom is 0.472 e. The number of quaternary nitrogens is 1. The topological polar surface area (TPSA) is 111 Å². The van der Waals surface area contributed by atoms with Crippen LogP contribution in [0.1, 0.15) is 239 Å². The molecule has 0 saturated heterocycles. The predicted octanol–water partition coefficient (Wildman–Crippen LogP) is 17.4. The number of rotatable bonds is 51. The molecule has 0 radical (unpaired) electrons. The summed E-state index contributed by atoms with van der Waals surface area (Å²) in [5.41, 5.74) is 0. The van der Waals surface area contributed by atoms with Crippen LogP contribution in [0.15, 0.2) is 85.1 Å². The number of carbonyl (C=O) groups is 2. The van der Waals surface area contributed by atoms with E-state index in [1.807, 2.05) is 33.3 Å². The van der Waals surface area contributed by atoms with Gasteiger partial charge in [0.05, 0.1) is 33.8 Å². The number of likely N-dealkylation sites (N-methyl/N-ethyl adjacent to an activating group) is 1. The first-order valence-electron chi connectivity index (χ1n) is 28.9. The van der Waals surface area contributed by atoms with Crippen LogP contribution in [0.25, 0.3) is 0 Å². The van der Waals surface area contributed by atoms with Gasteiger partial charge in [0, 0.05) is 12.8 Å². The third-order valence-electron chi connectivity index (χ3n) is 12.3. The second kappa shape index (κ2) is 50.7. The second-order valence-corrected chi connectivity index (χ2v) is 21.9. The number of unbranched alkanes of at least 4 members (excludes halogenated alkanes) is 23. The van der Waals surface area contributed by atoms with Gasteiger partial charge in [-0.25, -0.2) is 4.57 Å². The largest absolute Gasteiger partial charge is 0.472 e. The smallest absolute Gasteiger partial charge is 0.456 e. The molecule has 0 aliphatic rings. The maximum atomic E-state index is 13.5. The fourth-order valence-corrected chi connectivity index (χ4v) is 8.58. The van der Waals surface area contributed by atoms with E-state index in [9.17, 15) is 19.0 Å². The normalized spacial score (nSPS) is 14.4. The summed E-state index contributed by atoms with van der Waals surface area (Å²) < 4.78 is 30.6. The quantitative estimate of drug-likeness (QED) is 0.0205. The van der Waals surface area contributed by atoms with Crippen molar-refractivity contribution in [1.29, 1.82) is 0 Å². The fraction of sp³-hybridized carbons (Fsp3) is 0.738. The minimum atomic E-state index is -4.46. The predicted molar refractivity (Wildman–Crippen MR) is 304 cm³/mol. The van der Waals surface area contributed by atoms with Crippen LogP contribution in [0.5, 0.6) is 0 Å². The van der Waals surface area contributed by atoms with E-state index in [1.165, 1.54) is 83.5 Å². The van der Waals surface area contributed by atoms with Gasteiger partial charge < -0.3 is 19.4 Å². The molecule has 1 amide bonds. The summed E-state index contributed by atoms with van der Waals surface area (Å²) in [5.74, 6) is -0.550. The van der Waals surface area contributed by atoms with Crippen molar-refractivity contribution in [2.45, 2.75) is 251 Å². The lowest BCUT2D eigenvalue weighted by molar-refractivity contribution is -0.870. The second-order valence-electron chi connectivity index (χ2n) is 20.4. The molecular weight excluding hydrogens is 904 g/mol. The van der Waals surface area contributed by atoms with Crippen molar-refractivity contribution in [2.24, 2.45) is 0 Å². The highest BCUT2D eigenvalue weighted by Crippen LogP contribution is 2.43. The number of nitrogens with zero attached hydrogens (tertiary/aromatic N) is 1. The SMILES string of the molecule is CC/C=C/C/C=C/C/C=C/CCCCCCC(=O)OC(/C=C\CCCCCCCCCCCC)C(COP(=O)(O)OCC[N+](C)(C)C)NC(=O)CCCCCCCC/C=C\C/C=C\C/C=C\CCCCC. The molecular formula is C61H110N2O7P+. The first-order valence-corrected chi connectivity index (χ1v) is 30.4. The lowest BCUT2D eigenvalue weighted by Gasteiger charge is -2.27. The van der Waals surface area contributed by atoms with E-state index < -0.39 is 20.0 Å². The summed E-state index contributed by atoms with van der Waals surface area (Å²) in [6.45, 7) is 6.83. The lowest BCUT2D eigenvalue weighted by atomic mass is 10.0. The number of allylic oxidation sites excluding steroid dienone is 13. The molecule has 0 aromatic heterocycles. The number of ether oxygens (including phenoxy) is 1. The van der Waals surface area contributed by atoms with E-state index in [4.69, 9.17) is 13.8 Å². The Kier molecular flexibility index (Phi) is 48.7. The van der Waals surface area contributed by atoms with Crippen molar-refractivity contribution in [2.75, 3.05) is 40.9 Å². The summed E-state index contributed by atoms with van der Waals surface area (Å²) in [7, 11) is 1.46. The molecule has 0 rings (SSSR count). The Morgan fingerprint density at radius 3 is 1.38 bits per heavy atom. The number of nitrogens with one attached hydrogen (secondary N) is 1. The monoisotopic (exact) mass is 1010 g/mol. The summed E-state index contributed by atoms with van der Waals surface area (Å²) in [5, 5.41) is 3.03. The number of phosphoric acid groups is 1. The molecule has 0 aromatic carbocycles. The summed E-state index contributed by atoms with van der Waals surface area (Å²) >= 11 is 0. The van der Waals surface area contributed by atoms with Crippen molar-refractivity contribution in [1.82, 2.24) is 5.32 Å². The van der Waals surface area contributed by atoms with Crippen molar-refractivity contribution in [3.05, 3.63) is 85.1 Å². The third kappa shape index (κ3) is 51.9. The number of amides is 1. The molecule has 0 saturated carbocycles. The van der Waals surface area contributed by atoms with E-state index in [-0.39, 0.29) is 31.5 Å². The average Bonchev–Trinajstić information content (AvgIpc) is 3.33. The van der Waals surface area contributed by atoms with E-state index in [2.05, 4.69) is 99.0 Å². The van der Waals surface area contributed by atoms with Crippen LogP contribution in [-0.4, -0.2) is 74.3 Å². The van der Waals surface area contributed by atoms with Crippen LogP contribution in [0.3, 0.4) is 0 Å². The molecule has 0 fully saturated rings. The Morgan fingerprint density at radius 2 is 0.901 bits per heavy atom. The Morgan fingerprint density at radius 1 is 0.507 bits per heavy atom. The van der Waals surface area contributed by atoms with Gasteiger partial charge >= 0.3 is 13.8 Å². The molecule has 410 valence electrons. The van der Waals surface area contributed by atoms with Crippen LogP contribution in [0.4, 0.5) is 0 Å². The molecule has 10 heteroatoms. The third-order valence-corrected chi connectivity index (χ3v) is 13.3. The number of esters is 1. The standard InChI is InChI=1S/C61H109N2O7P/c1-7-10-13-16-19-22-25-28-30-31-32-33-34-35-38-41-44-47-50-53-60(64)62-58(57-69-71(66,67)68-56-55-63(4,5)6)59(52-49-46-43-40-37-27-24-21-18-15-12-9-3)70-61(65)54-51-48-45-42-39-36-29-26-23-20-17-14-11-8-2/h11,14,19-20,22-23,28-30,32-33,36,49,52,58-59H,7-10,12-13,15-18,21,24-27,31,34-35,37-48,50-51,53-57H2,1-6H3,(H-,62,64,66,67)/p+1/b14-11+,22-19-,23-20+,30-28-,33-32-,36-29+,52-49-. The van der Waals surface area contributed by atoms with E-state index in [0.29, 0.717) is 23.9 Å². The molecule has 0 aliphatic heterocycles. The Labute approximate surface area is 437 Å². The minimum absolute atomic E-state index is 0.0299. The Bertz CT molecular complexity index is 1490. The number of carbonyl (C=O) groups excluding carboxylic acids is 2. The number of hydrogen-bond acceptors (Lipinski definition) is 6. The van der Waals surface area contributed by atoms with Gasteiger partial charge in [0.2, 0.25) is 5.91 Å². The maximum absolute atomic E-state index is 13.5. The van der Waals surface area contributed by atoms with Crippen LogP contribution < -0.4 is 5.32 Å². The summed E-state index contributed by atoms with van der Waals surface area (Å²) in [6.07, 6.45) is 65.7. The molecule has 2 N–H and O–H groups in total. The molecule has 0 aliphatic carbocycles. The Hall–Kier alpha value is -2.81. The zero-order valence-corrected chi connectivity index (χ0v) is 47.6. The van der Waals surface area contributed by atoms with Gasteiger partial charge in [-0.05, 0) is 102 Å². The molecule has 3 unspecified atom stereocenters. The van der Waals surface area contributed by atoms with Crippen molar-refractivity contribution < 1.29 is 37.3 Å². The zero-order chi connectivity index (χ0) is 52.2. The van der Waals surface area contributed by atoms with Gasteiger partial charge in [-0.3, -0.25) is 18.6 Å². The average molecular weight is 1010 g/mol. The summed E-state index contributed by atoms with van der Waals surface area (Å²) in [4.78, 5) is 37.6. The zero-order valence-electron chi connectivity index (χ0n) is 46.7. The first-order chi connectivity index (χ1) is 34.4. The van der Waals surface area contributed by atoms with Crippen LogP contribution in [0, 0.1) is 0 Å². The molecule has 0 aromatic rings. The van der Waals surface area contributed by atoms with E-state index in [1.54, 1.807) is 0 Å².